The minimum Gasteiger partial charge on any atom is -0.401 e. The number of ketones is 1. The van der Waals surface area contributed by atoms with E-state index in [1.165, 1.54) is 18.7 Å². The number of aromatic amines is 1. The van der Waals surface area contributed by atoms with Crippen LogP contribution in [0.1, 0.15) is 6.92 Å². The van der Waals surface area contributed by atoms with Crippen molar-refractivity contribution in [2.45, 2.75) is 6.92 Å². The Morgan fingerprint density at radius 1 is 1.09 bits per heavy atom. The monoisotopic (exact) mass is 494 g/mol. The second-order valence-electron chi connectivity index (χ2n) is 9.12. The Hall–Kier alpha value is -3.14. The van der Waals surface area contributed by atoms with Crippen molar-refractivity contribution in [1.82, 2.24) is 25.2 Å². The highest BCUT2D eigenvalue weighted by molar-refractivity contribution is 6.34. The lowest BCUT2D eigenvalue weighted by atomic mass is 10.1. The van der Waals surface area contributed by atoms with Gasteiger partial charge in [-0.3, -0.25) is 9.69 Å². The fraction of sp³-hybridized carbons (Fsp3) is 0.400. The lowest BCUT2D eigenvalue weighted by Gasteiger charge is -2.36. The van der Waals surface area contributed by atoms with Crippen LogP contribution in [0.5, 0.6) is 0 Å². The first kappa shape index (κ1) is 23.6. The molecular formula is C25H31ClN8O. The van der Waals surface area contributed by atoms with E-state index < -0.39 is 0 Å². The SMILES string of the molecule is CC(=O)/C=C(\N)CN1CCN(c2c(Cl)cnc3nc(-c4ccc(N5CCNCC5)cc4)[nH]c23)CC1. The van der Waals surface area contributed by atoms with Crippen LogP contribution in [0.25, 0.3) is 22.6 Å². The van der Waals surface area contributed by atoms with Crippen molar-refractivity contribution in [3.05, 3.63) is 47.3 Å². The Morgan fingerprint density at radius 2 is 1.80 bits per heavy atom. The Morgan fingerprint density at radius 3 is 2.49 bits per heavy atom. The molecule has 9 nitrogen and oxygen atoms in total. The number of benzene rings is 1. The Balaban J connectivity index is 1.34. The summed E-state index contributed by atoms with van der Waals surface area (Å²) in [6, 6.07) is 8.52. The van der Waals surface area contributed by atoms with E-state index in [2.05, 4.69) is 54.2 Å². The molecule has 2 aromatic heterocycles. The summed E-state index contributed by atoms with van der Waals surface area (Å²) in [4.78, 5) is 30.9. The van der Waals surface area contributed by atoms with Gasteiger partial charge >= 0.3 is 0 Å². The minimum absolute atomic E-state index is 0.0272. The van der Waals surface area contributed by atoms with E-state index in [1.807, 2.05) is 0 Å². The van der Waals surface area contributed by atoms with E-state index in [0.29, 0.717) is 22.9 Å². The van der Waals surface area contributed by atoms with E-state index in [-0.39, 0.29) is 5.78 Å². The van der Waals surface area contributed by atoms with Crippen LogP contribution in [0, 0.1) is 0 Å². The number of nitrogens with one attached hydrogen (secondary N) is 2. The molecule has 0 unspecified atom stereocenters. The van der Waals surface area contributed by atoms with Crippen LogP contribution in [-0.4, -0.2) is 84.5 Å². The third-order valence-electron chi connectivity index (χ3n) is 6.55. The molecule has 0 atom stereocenters. The lowest BCUT2D eigenvalue weighted by molar-refractivity contribution is -0.112. The number of carbonyl (C=O) groups is 1. The highest BCUT2D eigenvalue weighted by Crippen LogP contribution is 2.34. The van der Waals surface area contributed by atoms with Crippen molar-refractivity contribution in [2.75, 3.05) is 68.7 Å². The van der Waals surface area contributed by atoms with Crippen molar-refractivity contribution < 1.29 is 4.79 Å². The number of pyridine rings is 1. The first-order valence-electron chi connectivity index (χ1n) is 12.0. The molecule has 0 radical (unpaired) electrons. The first-order valence-corrected chi connectivity index (χ1v) is 12.4. The number of H-pyrrole nitrogens is 1. The van der Waals surface area contributed by atoms with Crippen LogP contribution in [-0.2, 0) is 4.79 Å². The van der Waals surface area contributed by atoms with Gasteiger partial charge in [0.1, 0.15) is 11.3 Å². The molecule has 5 rings (SSSR count). The third kappa shape index (κ3) is 5.27. The number of hydrogen-bond acceptors (Lipinski definition) is 8. The molecule has 3 aromatic rings. The zero-order chi connectivity index (χ0) is 24.4. The van der Waals surface area contributed by atoms with Crippen molar-refractivity contribution >= 4 is 39.9 Å². The summed E-state index contributed by atoms with van der Waals surface area (Å²) in [5.74, 6) is 0.754. The van der Waals surface area contributed by atoms with E-state index in [1.54, 1.807) is 6.20 Å². The standard InChI is InChI=1S/C25H31ClN8O/c1-17(35)14-19(27)16-32-10-12-34(13-11-32)23-21(26)15-29-25-22(23)30-24(31-25)18-2-4-20(5-3-18)33-8-6-28-7-9-33/h2-5,14-15,28H,6-13,16,27H2,1H3,(H,29,30,31)/b19-14-. The molecule has 10 heteroatoms. The van der Waals surface area contributed by atoms with Gasteiger partial charge in [0.25, 0.3) is 0 Å². The number of piperazine rings is 2. The van der Waals surface area contributed by atoms with Crippen LogP contribution in [0.4, 0.5) is 11.4 Å². The molecule has 2 aliphatic rings. The molecular weight excluding hydrogens is 464 g/mol. The van der Waals surface area contributed by atoms with Crippen LogP contribution < -0.4 is 20.9 Å². The molecule has 2 fully saturated rings. The molecule has 0 bridgehead atoms. The molecule has 35 heavy (non-hydrogen) atoms. The number of halogens is 1. The zero-order valence-electron chi connectivity index (χ0n) is 19.9. The van der Waals surface area contributed by atoms with E-state index in [9.17, 15) is 4.79 Å². The normalized spacial score (nSPS) is 17.8. The molecule has 184 valence electrons. The summed E-state index contributed by atoms with van der Waals surface area (Å²) in [5.41, 5.74) is 11.3. The van der Waals surface area contributed by atoms with Crippen molar-refractivity contribution in [3.8, 4) is 11.4 Å². The number of fused-ring (bicyclic) bond motifs is 1. The number of nitrogens with two attached hydrogens (primary N) is 1. The molecule has 0 amide bonds. The predicted molar refractivity (Wildman–Crippen MR) is 141 cm³/mol. The summed E-state index contributed by atoms with van der Waals surface area (Å²) >= 11 is 6.63. The van der Waals surface area contributed by atoms with E-state index in [4.69, 9.17) is 22.3 Å². The van der Waals surface area contributed by atoms with Crippen molar-refractivity contribution in [3.63, 3.8) is 0 Å². The van der Waals surface area contributed by atoms with Gasteiger partial charge in [-0.25, -0.2) is 9.97 Å². The Labute approximate surface area is 209 Å². The number of hydrogen-bond donors (Lipinski definition) is 3. The maximum Gasteiger partial charge on any atom is 0.180 e. The van der Waals surface area contributed by atoms with Crippen LogP contribution in [0.15, 0.2) is 42.2 Å². The number of imidazole rings is 1. The largest absolute Gasteiger partial charge is 0.401 e. The zero-order valence-corrected chi connectivity index (χ0v) is 20.7. The van der Waals surface area contributed by atoms with E-state index in [0.717, 1.165) is 74.9 Å². The fourth-order valence-electron chi connectivity index (χ4n) is 4.81. The van der Waals surface area contributed by atoms with Crippen LogP contribution in [0.2, 0.25) is 5.02 Å². The summed E-state index contributed by atoms with van der Waals surface area (Å²) < 4.78 is 0. The predicted octanol–water partition coefficient (Wildman–Crippen LogP) is 2.24. The van der Waals surface area contributed by atoms with E-state index >= 15 is 0 Å². The fourth-order valence-corrected chi connectivity index (χ4v) is 5.08. The van der Waals surface area contributed by atoms with Crippen LogP contribution >= 0.6 is 11.6 Å². The molecule has 4 heterocycles. The van der Waals surface area contributed by atoms with Gasteiger partial charge in [0.2, 0.25) is 0 Å². The Kier molecular flexibility index (Phi) is 6.90. The molecule has 0 aliphatic carbocycles. The molecule has 4 N–H and O–H groups in total. The minimum atomic E-state index is -0.0272. The summed E-state index contributed by atoms with van der Waals surface area (Å²) in [5, 5.41) is 3.99. The molecule has 2 saturated heterocycles. The van der Waals surface area contributed by atoms with Gasteiger partial charge in [-0.1, -0.05) is 11.6 Å². The first-order chi connectivity index (χ1) is 17.0. The quantitative estimate of drug-likeness (QED) is 0.448. The number of carbonyl (C=O) groups excluding carboxylic acids is 1. The number of anilines is 2. The number of nitrogens with zero attached hydrogens (tertiary/aromatic N) is 5. The number of allylic oxidation sites excluding steroid dienone is 1. The van der Waals surface area contributed by atoms with Gasteiger partial charge < -0.3 is 25.8 Å². The molecule has 1 aromatic carbocycles. The Bertz CT molecular complexity index is 1220. The topological polar surface area (TPSA) is 106 Å². The van der Waals surface area contributed by atoms with Gasteiger partial charge in [0, 0.05) is 81.9 Å². The number of aromatic nitrogens is 3. The summed E-state index contributed by atoms with van der Waals surface area (Å²) in [6.45, 7) is 9.38. The van der Waals surface area contributed by atoms with Gasteiger partial charge in [0.05, 0.1) is 16.9 Å². The second kappa shape index (κ2) is 10.2. The third-order valence-corrected chi connectivity index (χ3v) is 6.83. The summed E-state index contributed by atoms with van der Waals surface area (Å²) in [7, 11) is 0. The second-order valence-corrected chi connectivity index (χ2v) is 9.52. The maximum atomic E-state index is 11.3. The lowest BCUT2D eigenvalue weighted by Crippen LogP contribution is -2.47. The van der Waals surface area contributed by atoms with Gasteiger partial charge in [-0.15, -0.1) is 0 Å². The highest BCUT2D eigenvalue weighted by Gasteiger charge is 2.23. The van der Waals surface area contributed by atoms with Crippen LogP contribution in [0.3, 0.4) is 0 Å². The number of rotatable bonds is 6. The average molecular weight is 495 g/mol. The molecule has 0 saturated carbocycles. The summed E-state index contributed by atoms with van der Waals surface area (Å²) in [6.07, 6.45) is 3.18. The van der Waals surface area contributed by atoms with Gasteiger partial charge in [0.15, 0.2) is 11.4 Å². The average Bonchev–Trinajstić information content (AvgIpc) is 3.29. The molecule has 2 aliphatic heterocycles. The van der Waals surface area contributed by atoms with Gasteiger partial charge in [-0.05, 0) is 31.2 Å². The van der Waals surface area contributed by atoms with Crippen molar-refractivity contribution in [2.24, 2.45) is 5.73 Å². The smallest absolute Gasteiger partial charge is 0.180 e. The van der Waals surface area contributed by atoms with Gasteiger partial charge in [-0.2, -0.15) is 0 Å². The maximum absolute atomic E-state index is 11.3. The highest BCUT2D eigenvalue weighted by atomic mass is 35.5. The van der Waals surface area contributed by atoms with Crippen molar-refractivity contribution in [1.29, 1.82) is 0 Å². The molecule has 0 spiro atoms.